The number of pyridine rings is 1. The van der Waals surface area contributed by atoms with E-state index in [4.69, 9.17) is 4.74 Å². The Morgan fingerprint density at radius 1 is 1.17 bits per heavy atom. The predicted octanol–water partition coefficient (Wildman–Crippen LogP) is 6.64. The SMILES string of the molecule is CCCCCOc1ccc(Nc2nc3c(s2)CCc2ccncc2-3)cc1C(F)(F)F. The molecule has 4 rings (SSSR count). The standard InChI is InChI=1S/C22H22F3N3OS/c1-2-3-4-11-29-18-7-6-15(12-17(18)22(23,24)25)27-21-28-20-16-13-26-10-9-14(16)5-8-19(20)30-21/h6-7,9-10,12-13H,2-5,8,11H2,1H3,(H,27,28). The summed E-state index contributed by atoms with van der Waals surface area (Å²) in [7, 11) is 0. The van der Waals surface area contributed by atoms with E-state index < -0.39 is 11.7 Å². The van der Waals surface area contributed by atoms with Gasteiger partial charge < -0.3 is 10.1 Å². The van der Waals surface area contributed by atoms with Gasteiger partial charge in [-0.05, 0) is 49.1 Å². The van der Waals surface area contributed by atoms with Crippen molar-refractivity contribution < 1.29 is 17.9 Å². The lowest BCUT2D eigenvalue weighted by molar-refractivity contribution is -0.138. The quantitative estimate of drug-likeness (QED) is 0.425. The van der Waals surface area contributed by atoms with Crippen molar-refractivity contribution in [3.8, 4) is 17.0 Å². The van der Waals surface area contributed by atoms with Gasteiger partial charge in [0.15, 0.2) is 5.13 Å². The van der Waals surface area contributed by atoms with E-state index in [1.54, 1.807) is 18.5 Å². The molecule has 8 heteroatoms. The monoisotopic (exact) mass is 433 g/mol. The third-order valence-corrected chi connectivity index (χ3v) is 6.06. The molecule has 1 aliphatic rings. The summed E-state index contributed by atoms with van der Waals surface area (Å²) in [6, 6.07) is 6.05. The molecule has 0 saturated heterocycles. The van der Waals surface area contributed by atoms with Gasteiger partial charge in [-0.25, -0.2) is 4.98 Å². The number of thiazole rings is 1. The fourth-order valence-corrected chi connectivity index (χ4v) is 4.50. The highest BCUT2D eigenvalue weighted by Gasteiger charge is 2.35. The van der Waals surface area contributed by atoms with Crippen LogP contribution < -0.4 is 10.1 Å². The van der Waals surface area contributed by atoms with Crippen LogP contribution in [0.5, 0.6) is 5.75 Å². The van der Waals surface area contributed by atoms with Gasteiger partial charge in [0.05, 0.1) is 17.9 Å². The first kappa shape index (κ1) is 20.7. The average Bonchev–Trinajstić information content (AvgIpc) is 3.14. The van der Waals surface area contributed by atoms with Crippen LogP contribution in [0.25, 0.3) is 11.3 Å². The number of rotatable bonds is 7. The first-order valence-corrected chi connectivity index (χ1v) is 10.8. The third-order valence-electron chi connectivity index (χ3n) is 5.03. The van der Waals surface area contributed by atoms with E-state index in [1.165, 1.54) is 23.0 Å². The zero-order chi connectivity index (χ0) is 21.1. The number of aromatic nitrogens is 2. The normalized spacial score (nSPS) is 12.9. The third kappa shape index (κ3) is 4.43. The molecule has 0 atom stereocenters. The van der Waals surface area contributed by atoms with Gasteiger partial charge in [0.1, 0.15) is 5.75 Å². The Labute approximate surface area is 177 Å². The van der Waals surface area contributed by atoms with E-state index in [0.29, 0.717) is 10.8 Å². The van der Waals surface area contributed by atoms with Crippen LogP contribution in [0.15, 0.2) is 36.7 Å². The molecule has 0 fully saturated rings. The lowest BCUT2D eigenvalue weighted by Gasteiger charge is -2.15. The number of halogens is 3. The molecular weight excluding hydrogens is 411 g/mol. The maximum absolute atomic E-state index is 13.6. The second kappa shape index (κ2) is 8.63. The molecule has 0 unspecified atom stereocenters. The van der Waals surface area contributed by atoms with Crippen molar-refractivity contribution in [2.24, 2.45) is 0 Å². The zero-order valence-corrected chi connectivity index (χ0v) is 17.4. The minimum absolute atomic E-state index is 0.136. The molecule has 1 aliphatic carbocycles. The first-order valence-electron chi connectivity index (χ1n) is 9.99. The summed E-state index contributed by atoms with van der Waals surface area (Å²) >= 11 is 1.47. The molecule has 0 aliphatic heterocycles. The number of alkyl halides is 3. The zero-order valence-electron chi connectivity index (χ0n) is 16.6. The van der Waals surface area contributed by atoms with Gasteiger partial charge in [0, 0.05) is 28.5 Å². The van der Waals surface area contributed by atoms with Crippen LogP contribution in [0.3, 0.4) is 0 Å². The predicted molar refractivity (Wildman–Crippen MR) is 112 cm³/mol. The van der Waals surface area contributed by atoms with Gasteiger partial charge in [0.2, 0.25) is 0 Å². The minimum Gasteiger partial charge on any atom is -0.493 e. The maximum Gasteiger partial charge on any atom is 0.420 e. The molecule has 4 nitrogen and oxygen atoms in total. The Hall–Kier alpha value is -2.61. The van der Waals surface area contributed by atoms with Gasteiger partial charge >= 0.3 is 6.18 Å². The van der Waals surface area contributed by atoms with E-state index in [1.807, 2.05) is 13.0 Å². The molecule has 0 amide bonds. The van der Waals surface area contributed by atoms with Gasteiger partial charge in [-0.1, -0.05) is 19.8 Å². The molecule has 0 spiro atoms. The molecule has 1 N–H and O–H groups in total. The fraction of sp³-hybridized carbons (Fsp3) is 0.364. The highest BCUT2D eigenvalue weighted by atomic mass is 32.1. The molecule has 3 aromatic rings. The van der Waals surface area contributed by atoms with E-state index >= 15 is 0 Å². The Morgan fingerprint density at radius 3 is 2.83 bits per heavy atom. The highest BCUT2D eigenvalue weighted by molar-refractivity contribution is 7.16. The number of aryl methyl sites for hydroxylation is 2. The Bertz CT molecular complexity index is 1030. The van der Waals surface area contributed by atoms with Gasteiger partial charge in [-0.2, -0.15) is 13.2 Å². The van der Waals surface area contributed by atoms with Gasteiger partial charge in [0.25, 0.3) is 0 Å². The van der Waals surface area contributed by atoms with Crippen LogP contribution in [0.2, 0.25) is 0 Å². The maximum atomic E-state index is 13.6. The van der Waals surface area contributed by atoms with Crippen LogP contribution in [0.1, 0.15) is 42.2 Å². The number of fused-ring (bicyclic) bond motifs is 3. The number of unbranched alkanes of at least 4 members (excludes halogenated alkanes) is 2. The molecule has 30 heavy (non-hydrogen) atoms. The van der Waals surface area contributed by atoms with Crippen molar-refractivity contribution in [3.63, 3.8) is 0 Å². The van der Waals surface area contributed by atoms with Crippen molar-refractivity contribution in [1.82, 2.24) is 9.97 Å². The summed E-state index contributed by atoms with van der Waals surface area (Å²) in [6.45, 7) is 2.31. The van der Waals surface area contributed by atoms with Gasteiger partial charge in [-0.3, -0.25) is 4.98 Å². The second-order valence-electron chi connectivity index (χ2n) is 7.21. The smallest absolute Gasteiger partial charge is 0.420 e. The number of nitrogens with zero attached hydrogens (tertiary/aromatic N) is 2. The largest absolute Gasteiger partial charge is 0.493 e. The highest BCUT2D eigenvalue weighted by Crippen LogP contribution is 2.41. The van der Waals surface area contributed by atoms with Crippen molar-refractivity contribution in [2.75, 3.05) is 11.9 Å². The number of nitrogens with one attached hydrogen (secondary N) is 1. The lowest BCUT2D eigenvalue weighted by atomic mass is 9.96. The van der Waals surface area contributed by atoms with Crippen molar-refractivity contribution in [1.29, 1.82) is 0 Å². The Kier molecular flexibility index (Phi) is 5.94. The Morgan fingerprint density at radius 2 is 2.03 bits per heavy atom. The van der Waals surface area contributed by atoms with Crippen LogP contribution in [-0.2, 0) is 19.0 Å². The summed E-state index contributed by atoms with van der Waals surface area (Å²) in [4.78, 5) is 9.92. The van der Waals surface area contributed by atoms with Crippen LogP contribution in [-0.4, -0.2) is 16.6 Å². The first-order chi connectivity index (χ1) is 14.5. The topological polar surface area (TPSA) is 47.0 Å². The number of hydrogen-bond donors (Lipinski definition) is 1. The molecule has 2 aromatic heterocycles. The van der Waals surface area contributed by atoms with Crippen molar-refractivity contribution >= 4 is 22.2 Å². The molecule has 158 valence electrons. The summed E-state index contributed by atoms with van der Waals surface area (Å²) in [5.74, 6) is -0.136. The van der Waals surface area contributed by atoms with Crippen LogP contribution in [0.4, 0.5) is 24.0 Å². The molecule has 2 heterocycles. The van der Waals surface area contributed by atoms with Gasteiger partial charge in [-0.15, -0.1) is 11.3 Å². The number of benzene rings is 1. The molecule has 1 aromatic carbocycles. The second-order valence-corrected chi connectivity index (χ2v) is 8.30. The van der Waals surface area contributed by atoms with Crippen molar-refractivity contribution in [3.05, 3.63) is 52.7 Å². The summed E-state index contributed by atoms with van der Waals surface area (Å²) < 4.78 is 46.1. The lowest BCUT2D eigenvalue weighted by Crippen LogP contribution is -2.10. The fourth-order valence-electron chi connectivity index (χ4n) is 3.50. The molecular formula is C22H22F3N3OS. The van der Waals surface area contributed by atoms with Crippen LogP contribution >= 0.6 is 11.3 Å². The summed E-state index contributed by atoms with van der Waals surface area (Å²) in [6.07, 6.45) is 3.48. The Balaban J connectivity index is 1.56. The minimum atomic E-state index is -4.50. The summed E-state index contributed by atoms with van der Waals surface area (Å²) in [5.41, 5.74) is 2.61. The van der Waals surface area contributed by atoms with E-state index in [0.717, 1.165) is 54.3 Å². The molecule has 0 bridgehead atoms. The molecule has 0 radical (unpaired) electrons. The number of hydrogen-bond acceptors (Lipinski definition) is 5. The van der Waals surface area contributed by atoms with E-state index in [2.05, 4.69) is 15.3 Å². The van der Waals surface area contributed by atoms with E-state index in [9.17, 15) is 13.2 Å². The summed E-state index contributed by atoms with van der Waals surface area (Å²) in [5, 5.41) is 3.61. The number of anilines is 2. The van der Waals surface area contributed by atoms with Crippen LogP contribution in [0, 0.1) is 0 Å². The van der Waals surface area contributed by atoms with E-state index in [-0.39, 0.29) is 12.4 Å². The number of ether oxygens (including phenoxy) is 1. The molecule has 0 saturated carbocycles. The van der Waals surface area contributed by atoms with Crippen molar-refractivity contribution in [2.45, 2.75) is 45.2 Å². The average molecular weight is 433 g/mol.